The first-order valence-electron chi connectivity index (χ1n) is 5.30. The Kier molecular flexibility index (Phi) is 4.09. The zero-order chi connectivity index (χ0) is 13.9. The Bertz CT molecular complexity index is 485. The number of hydrogen-bond donors (Lipinski definition) is 2. The summed E-state index contributed by atoms with van der Waals surface area (Å²) in [5, 5.41) is 8.89. The smallest absolute Gasteiger partial charge is 0.349 e. The number of amides is 1. The number of rotatable bonds is 5. The van der Waals surface area contributed by atoms with Crippen molar-refractivity contribution in [1.82, 2.24) is 0 Å². The number of primary amides is 1. The second kappa shape index (κ2) is 5.35. The molecule has 1 unspecified atom stereocenters. The fourth-order valence-corrected chi connectivity index (χ4v) is 1.60. The van der Waals surface area contributed by atoms with Crippen LogP contribution in [0.1, 0.15) is 21.5 Å². The lowest BCUT2D eigenvalue weighted by atomic mass is 10.1. The van der Waals surface area contributed by atoms with Gasteiger partial charge in [0.25, 0.3) is 0 Å². The first-order valence-corrected chi connectivity index (χ1v) is 5.30. The summed E-state index contributed by atoms with van der Waals surface area (Å²) in [5.41, 5.74) is 6.85. The SMILES string of the molecule is C=CC(Oc1c(C)cc(C(N)=O)cc1C)C(=O)O. The van der Waals surface area contributed by atoms with Gasteiger partial charge in [0.15, 0.2) is 0 Å². The summed E-state index contributed by atoms with van der Waals surface area (Å²) in [6, 6.07) is 3.12. The molecule has 1 amide bonds. The van der Waals surface area contributed by atoms with Crippen molar-refractivity contribution >= 4 is 11.9 Å². The molecule has 5 heteroatoms. The van der Waals surface area contributed by atoms with E-state index in [1.54, 1.807) is 26.0 Å². The van der Waals surface area contributed by atoms with Crippen molar-refractivity contribution in [2.45, 2.75) is 20.0 Å². The number of carbonyl (C=O) groups is 2. The zero-order valence-corrected chi connectivity index (χ0v) is 10.3. The quantitative estimate of drug-likeness (QED) is 0.772. The molecule has 1 atom stereocenters. The number of carboxylic acid groups (broad SMARTS) is 1. The zero-order valence-electron chi connectivity index (χ0n) is 10.3. The normalized spacial score (nSPS) is 11.7. The number of ether oxygens (including phenoxy) is 1. The Labute approximate surface area is 105 Å². The molecule has 0 fully saturated rings. The molecule has 0 bridgehead atoms. The molecule has 0 saturated heterocycles. The predicted molar refractivity (Wildman–Crippen MR) is 66.7 cm³/mol. The average molecular weight is 249 g/mol. The molecule has 1 rings (SSSR count). The molecule has 3 N–H and O–H groups in total. The second-order valence-electron chi connectivity index (χ2n) is 3.92. The molecular formula is C13H15NO4. The third-order valence-corrected chi connectivity index (χ3v) is 2.45. The molecule has 0 spiro atoms. The van der Waals surface area contributed by atoms with Gasteiger partial charge in [0.1, 0.15) is 5.75 Å². The van der Waals surface area contributed by atoms with Gasteiger partial charge in [0.2, 0.25) is 12.0 Å². The summed E-state index contributed by atoms with van der Waals surface area (Å²) < 4.78 is 5.35. The van der Waals surface area contributed by atoms with E-state index >= 15 is 0 Å². The molecule has 0 heterocycles. The van der Waals surface area contributed by atoms with Crippen molar-refractivity contribution in [2.75, 3.05) is 0 Å². The van der Waals surface area contributed by atoms with Crippen LogP contribution < -0.4 is 10.5 Å². The van der Waals surface area contributed by atoms with Crippen molar-refractivity contribution in [3.05, 3.63) is 41.5 Å². The minimum absolute atomic E-state index is 0.364. The van der Waals surface area contributed by atoms with Gasteiger partial charge in [-0.3, -0.25) is 4.79 Å². The Morgan fingerprint density at radius 3 is 2.22 bits per heavy atom. The van der Waals surface area contributed by atoms with Crippen LogP contribution in [0.3, 0.4) is 0 Å². The molecule has 1 aromatic rings. The molecule has 0 aromatic heterocycles. The van der Waals surface area contributed by atoms with E-state index in [0.717, 1.165) is 0 Å². The summed E-state index contributed by atoms with van der Waals surface area (Å²) in [6.07, 6.45) is 0.0743. The van der Waals surface area contributed by atoms with Gasteiger partial charge < -0.3 is 15.6 Å². The number of hydrogen-bond acceptors (Lipinski definition) is 3. The highest BCUT2D eigenvalue weighted by atomic mass is 16.5. The number of aliphatic carboxylic acids is 1. The van der Waals surface area contributed by atoms with Gasteiger partial charge >= 0.3 is 5.97 Å². The molecule has 0 radical (unpaired) electrons. The highest BCUT2D eigenvalue weighted by Gasteiger charge is 2.18. The van der Waals surface area contributed by atoms with E-state index in [4.69, 9.17) is 15.6 Å². The van der Waals surface area contributed by atoms with Crippen molar-refractivity contribution in [3.63, 3.8) is 0 Å². The van der Waals surface area contributed by atoms with Crippen LogP contribution in [0.25, 0.3) is 0 Å². The van der Waals surface area contributed by atoms with Gasteiger partial charge in [-0.05, 0) is 43.2 Å². The Morgan fingerprint density at radius 1 is 1.39 bits per heavy atom. The fourth-order valence-electron chi connectivity index (χ4n) is 1.60. The molecule has 0 saturated carbocycles. The molecule has 5 nitrogen and oxygen atoms in total. The largest absolute Gasteiger partial charge is 0.478 e. The van der Waals surface area contributed by atoms with Crippen LogP contribution in [0.2, 0.25) is 0 Å². The van der Waals surface area contributed by atoms with Gasteiger partial charge in [-0.1, -0.05) is 6.58 Å². The Hall–Kier alpha value is -2.30. The number of carbonyl (C=O) groups excluding carboxylic acids is 1. The molecular weight excluding hydrogens is 234 g/mol. The van der Waals surface area contributed by atoms with Crippen LogP contribution in [0.15, 0.2) is 24.8 Å². The standard InChI is InChI=1S/C13H15NO4/c1-4-10(13(16)17)18-11-7(2)5-9(12(14)15)6-8(11)3/h4-6,10H,1H2,2-3H3,(H2,14,15)(H,16,17). The van der Waals surface area contributed by atoms with E-state index in [-0.39, 0.29) is 0 Å². The van der Waals surface area contributed by atoms with Crippen molar-refractivity contribution in [3.8, 4) is 5.75 Å². The molecule has 0 aliphatic heterocycles. The topological polar surface area (TPSA) is 89.6 Å². The van der Waals surface area contributed by atoms with Gasteiger partial charge in [-0.25, -0.2) is 4.79 Å². The maximum Gasteiger partial charge on any atom is 0.349 e. The van der Waals surface area contributed by atoms with Crippen LogP contribution in [0, 0.1) is 13.8 Å². The minimum Gasteiger partial charge on any atom is -0.478 e. The number of benzene rings is 1. The fraction of sp³-hybridized carbons (Fsp3) is 0.231. The van der Waals surface area contributed by atoms with E-state index in [0.29, 0.717) is 22.4 Å². The summed E-state index contributed by atoms with van der Waals surface area (Å²) in [5.74, 6) is -1.23. The number of carboxylic acids is 1. The maximum atomic E-state index is 11.1. The minimum atomic E-state index is -1.12. The van der Waals surface area contributed by atoms with Gasteiger partial charge in [0.05, 0.1) is 0 Å². The van der Waals surface area contributed by atoms with Crippen LogP contribution in [0.4, 0.5) is 0 Å². The van der Waals surface area contributed by atoms with E-state index in [9.17, 15) is 9.59 Å². The third-order valence-electron chi connectivity index (χ3n) is 2.45. The summed E-state index contributed by atoms with van der Waals surface area (Å²) in [4.78, 5) is 21.9. The summed E-state index contributed by atoms with van der Waals surface area (Å²) in [6.45, 7) is 6.84. The Morgan fingerprint density at radius 2 is 1.89 bits per heavy atom. The predicted octanol–water partition coefficient (Wildman–Crippen LogP) is 1.42. The van der Waals surface area contributed by atoms with Crippen LogP contribution in [-0.2, 0) is 4.79 Å². The van der Waals surface area contributed by atoms with Crippen LogP contribution in [-0.4, -0.2) is 23.1 Å². The summed E-state index contributed by atoms with van der Waals surface area (Å²) in [7, 11) is 0. The Balaban J connectivity index is 3.14. The second-order valence-corrected chi connectivity index (χ2v) is 3.92. The average Bonchev–Trinajstić information content (AvgIpc) is 2.27. The highest BCUT2D eigenvalue weighted by molar-refractivity contribution is 5.93. The lowest BCUT2D eigenvalue weighted by Crippen LogP contribution is -2.25. The van der Waals surface area contributed by atoms with Gasteiger partial charge in [-0.2, -0.15) is 0 Å². The van der Waals surface area contributed by atoms with E-state index < -0.39 is 18.0 Å². The van der Waals surface area contributed by atoms with E-state index in [1.165, 1.54) is 6.08 Å². The van der Waals surface area contributed by atoms with Crippen molar-refractivity contribution < 1.29 is 19.4 Å². The molecule has 1 aromatic carbocycles. The first-order chi connectivity index (χ1) is 8.36. The molecule has 0 aliphatic carbocycles. The lowest BCUT2D eigenvalue weighted by Gasteiger charge is -2.16. The van der Waals surface area contributed by atoms with Gasteiger partial charge in [-0.15, -0.1) is 0 Å². The molecule has 0 aliphatic rings. The third kappa shape index (κ3) is 2.88. The van der Waals surface area contributed by atoms with Crippen molar-refractivity contribution in [1.29, 1.82) is 0 Å². The van der Waals surface area contributed by atoms with Gasteiger partial charge in [0, 0.05) is 5.56 Å². The number of aryl methyl sites for hydroxylation is 2. The summed E-state index contributed by atoms with van der Waals surface area (Å²) >= 11 is 0. The highest BCUT2D eigenvalue weighted by Crippen LogP contribution is 2.26. The first kappa shape index (κ1) is 13.8. The maximum absolute atomic E-state index is 11.1. The van der Waals surface area contributed by atoms with Crippen LogP contribution in [0.5, 0.6) is 5.75 Å². The molecule has 96 valence electrons. The van der Waals surface area contributed by atoms with E-state index in [2.05, 4.69) is 6.58 Å². The van der Waals surface area contributed by atoms with Crippen molar-refractivity contribution in [2.24, 2.45) is 5.73 Å². The molecule has 18 heavy (non-hydrogen) atoms. The monoisotopic (exact) mass is 249 g/mol. The number of nitrogens with two attached hydrogens (primary N) is 1. The van der Waals surface area contributed by atoms with E-state index in [1.807, 2.05) is 0 Å². The lowest BCUT2D eigenvalue weighted by molar-refractivity contribution is -0.142. The van der Waals surface area contributed by atoms with Crippen LogP contribution >= 0.6 is 0 Å².